The molecule has 0 atom stereocenters. The second-order valence-electron chi connectivity index (χ2n) is 14.0. The zero-order valence-electron chi connectivity index (χ0n) is 32.2. The Balaban J connectivity index is 0.000000156. The van der Waals surface area contributed by atoms with Gasteiger partial charge in [-0.1, -0.05) is 145 Å². The number of nitrogens with zero attached hydrogens (tertiary/aromatic N) is 2. The molecule has 0 heterocycles. The smallest absolute Gasteiger partial charge is 0.0999 e. The molecule has 0 aliphatic heterocycles. The topological polar surface area (TPSA) is 6.48 Å². The van der Waals surface area contributed by atoms with Gasteiger partial charge in [-0.25, -0.2) is 0 Å². The average molecular weight is 1120 g/mol. The Labute approximate surface area is 380 Å². The van der Waals surface area contributed by atoms with Gasteiger partial charge in [0.05, 0.1) is 6.67 Å². The van der Waals surface area contributed by atoms with E-state index in [1.54, 1.807) is 0 Å². The van der Waals surface area contributed by atoms with Crippen molar-refractivity contribution in [1.82, 2.24) is 0 Å². The first kappa shape index (κ1) is 42.6. The van der Waals surface area contributed by atoms with Crippen molar-refractivity contribution in [1.29, 1.82) is 0 Å². The van der Waals surface area contributed by atoms with Crippen LogP contribution >= 0.6 is 0 Å². The van der Waals surface area contributed by atoms with Gasteiger partial charge in [-0.2, -0.15) is 0 Å². The third-order valence-corrected chi connectivity index (χ3v) is 10.4. The molecule has 0 unspecified atom stereocenters. The van der Waals surface area contributed by atoms with E-state index in [0.717, 1.165) is 24.0 Å². The maximum atomic E-state index is 7.12. The first-order valence-corrected chi connectivity index (χ1v) is 19.2. The van der Waals surface area contributed by atoms with E-state index in [0.29, 0.717) is 6.67 Å². The van der Waals surface area contributed by atoms with Crippen LogP contribution in [0.15, 0.2) is 206 Å². The average Bonchev–Trinajstić information content (AvgIpc) is 3.86. The number of fused-ring (bicyclic) bond motifs is 6. The maximum Gasteiger partial charge on any atom is 0.0999 e. The van der Waals surface area contributed by atoms with E-state index in [9.17, 15) is 0 Å². The molecule has 0 amide bonds. The Morgan fingerprint density at radius 1 is 0.339 bits per heavy atom. The molecule has 2 radical (unpaired) electrons. The molecule has 0 spiro atoms. The molecule has 0 saturated carbocycles. The van der Waals surface area contributed by atoms with Crippen LogP contribution in [0.25, 0.3) is 22.3 Å². The molecule has 4 heteroatoms. The van der Waals surface area contributed by atoms with Gasteiger partial charge in [-0.05, 0) is 94.8 Å². The number of hydrogen-bond donors (Lipinski definition) is 0. The quantitative estimate of drug-likeness (QED) is 0.0709. The van der Waals surface area contributed by atoms with E-state index >= 15 is 0 Å². The Morgan fingerprint density at radius 3 is 0.949 bits per heavy atom. The van der Waals surface area contributed by atoms with Gasteiger partial charge in [0.2, 0.25) is 0 Å². The summed E-state index contributed by atoms with van der Waals surface area (Å²) in [7, 11) is 0. The standard InChI is InChI=1S/C25H22N2.2C15H9.2Au/c1-5-13-22(14-6-1)26(23-15-7-2-8-16-23)21-27(24-17-9-3-10-18-24)25-19-11-4-12-20-25;2*1-2-11-7-8-15-13(9-11)10-12-5-3-4-6-14(12)15;;/h1-20H,21H2;2*3-9H,10H2;;/q;2*-1;;. The van der Waals surface area contributed by atoms with Crippen molar-refractivity contribution < 1.29 is 44.8 Å². The molecule has 2 nitrogen and oxygen atoms in total. The van der Waals surface area contributed by atoms with E-state index in [1.807, 2.05) is 12.1 Å². The number of anilines is 4. The van der Waals surface area contributed by atoms with Gasteiger partial charge in [0.15, 0.2) is 0 Å². The van der Waals surface area contributed by atoms with Crippen molar-refractivity contribution in [2.24, 2.45) is 0 Å². The number of para-hydroxylation sites is 4. The fourth-order valence-electron chi connectivity index (χ4n) is 7.64. The Morgan fingerprint density at radius 2 is 0.627 bits per heavy atom. The van der Waals surface area contributed by atoms with Crippen molar-refractivity contribution >= 4 is 22.7 Å². The van der Waals surface area contributed by atoms with Crippen LogP contribution in [0.4, 0.5) is 22.7 Å². The van der Waals surface area contributed by atoms with Gasteiger partial charge in [-0.3, -0.25) is 11.8 Å². The zero-order valence-corrected chi connectivity index (χ0v) is 36.6. The van der Waals surface area contributed by atoms with Crippen molar-refractivity contribution in [3.8, 4) is 34.1 Å². The molecular weight excluding hydrogens is 1080 g/mol. The van der Waals surface area contributed by atoms with Crippen molar-refractivity contribution in [2.45, 2.75) is 12.8 Å². The molecule has 8 aromatic carbocycles. The van der Waals surface area contributed by atoms with Crippen LogP contribution in [0.1, 0.15) is 33.4 Å². The van der Waals surface area contributed by atoms with Crippen LogP contribution in [0, 0.1) is 24.7 Å². The molecule has 59 heavy (non-hydrogen) atoms. The minimum absolute atomic E-state index is 0. The first-order valence-electron chi connectivity index (χ1n) is 19.2. The molecular formula is C55H40Au2N2-2. The summed E-state index contributed by atoms with van der Waals surface area (Å²) in [6.07, 6.45) is 16.2. The minimum atomic E-state index is 0. The molecule has 10 rings (SSSR count). The Bertz CT molecular complexity index is 2420. The fraction of sp³-hybridized carbons (Fsp3) is 0.0545. The van der Waals surface area contributed by atoms with E-state index < -0.39 is 0 Å². The zero-order chi connectivity index (χ0) is 38.8. The van der Waals surface area contributed by atoms with Crippen molar-refractivity contribution in [3.63, 3.8) is 0 Å². The summed E-state index contributed by atoms with van der Waals surface area (Å²) in [5.74, 6) is 4.87. The van der Waals surface area contributed by atoms with Crippen LogP contribution in [-0.2, 0) is 57.6 Å². The molecule has 2 aliphatic carbocycles. The van der Waals surface area contributed by atoms with Gasteiger partial charge in [0.1, 0.15) is 0 Å². The number of benzene rings is 8. The van der Waals surface area contributed by atoms with Gasteiger partial charge in [-0.15, -0.1) is 35.4 Å². The summed E-state index contributed by atoms with van der Waals surface area (Å²) in [6.45, 7) is 0.710. The molecule has 8 aromatic rings. The summed E-state index contributed by atoms with van der Waals surface area (Å²) in [4.78, 5) is 4.67. The molecule has 0 N–H and O–H groups in total. The van der Waals surface area contributed by atoms with Crippen LogP contribution in [-0.4, -0.2) is 6.67 Å². The third-order valence-electron chi connectivity index (χ3n) is 10.4. The maximum absolute atomic E-state index is 7.12. The van der Waals surface area contributed by atoms with Gasteiger partial charge in [0.25, 0.3) is 0 Å². The fourth-order valence-corrected chi connectivity index (χ4v) is 7.64. The third kappa shape index (κ3) is 9.99. The van der Waals surface area contributed by atoms with Crippen LogP contribution < -0.4 is 9.80 Å². The van der Waals surface area contributed by atoms with Crippen LogP contribution in [0.3, 0.4) is 0 Å². The van der Waals surface area contributed by atoms with Crippen molar-refractivity contribution in [2.75, 3.05) is 16.5 Å². The molecule has 2 aliphatic rings. The molecule has 0 saturated heterocycles. The summed E-state index contributed by atoms with van der Waals surface area (Å²) in [6, 6.07) is 71.3. The number of rotatable bonds is 6. The predicted octanol–water partition coefficient (Wildman–Crippen LogP) is 13.0. The largest absolute Gasteiger partial charge is 0.366 e. The van der Waals surface area contributed by atoms with E-state index in [4.69, 9.17) is 12.8 Å². The Hall–Kier alpha value is -6.04. The second-order valence-corrected chi connectivity index (χ2v) is 14.0. The van der Waals surface area contributed by atoms with E-state index in [2.05, 4.69) is 216 Å². The summed E-state index contributed by atoms with van der Waals surface area (Å²) >= 11 is 0. The molecule has 0 fully saturated rings. The molecule has 0 bridgehead atoms. The SMILES string of the molecule is [Au].[Au].[C-]#Cc1ccc2c(c1)Cc1ccccc1-2.[C-]#Cc1ccc2c(c1)Cc1ccccc1-2.c1ccc(N(CN(c2ccccc2)c2ccccc2)c2ccccc2)cc1. The monoisotopic (exact) mass is 1120 g/mol. The Kier molecular flexibility index (Phi) is 14.9. The second kappa shape index (κ2) is 20.6. The molecule has 294 valence electrons. The summed E-state index contributed by atoms with van der Waals surface area (Å²) in [5, 5.41) is 0. The molecule has 0 aromatic heterocycles. The van der Waals surface area contributed by atoms with Crippen LogP contribution in [0.2, 0.25) is 0 Å². The predicted molar refractivity (Wildman–Crippen MR) is 237 cm³/mol. The summed E-state index contributed by atoms with van der Waals surface area (Å²) in [5.41, 5.74) is 17.1. The van der Waals surface area contributed by atoms with E-state index in [1.165, 1.54) is 67.3 Å². The van der Waals surface area contributed by atoms with Gasteiger partial charge >= 0.3 is 0 Å². The van der Waals surface area contributed by atoms with Crippen molar-refractivity contribution in [3.05, 3.63) is 252 Å². The summed E-state index contributed by atoms with van der Waals surface area (Å²) < 4.78 is 0. The minimum Gasteiger partial charge on any atom is -0.366 e. The number of hydrogen-bond acceptors (Lipinski definition) is 2. The van der Waals surface area contributed by atoms with E-state index in [-0.39, 0.29) is 44.8 Å². The van der Waals surface area contributed by atoms with Gasteiger partial charge < -0.3 is 22.6 Å². The van der Waals surface area contributed by atoms with Crippen LogP contribution in [0.5, 0.6) is 0 Å². The first-order chi connectivity index (χ1) is 28.2. The normalized spacial score (nSPS) is 10.7. The van der Waals surface area contributed by atoms with Gasteiger partial charge in [0, 0.05) is 67.5 Å².